The molecular weight excluding hydrogens is 270 g/mol. The Kier molecular flexibility index (Phi) is 4.38. The normalized spacial score (nSPS) is 25.6. The van der Waals surface area contributed by atoms with Crippen molar-refractivity contribution in [3.8, 4) is 0 Å². The first-order valence-electron chi connectivity index (χ1n) is 7.83. The lowest BCUT2D eigenvalue weighted by atomic mass is 9.75. The van der Waals surface area contributed by atoms with Crippen LogP contribution in [0.1, 0.15) is 61.9 Å². The number of hydrogen-bond donors (Lipinski definition) is 1. The first-order chi connectivity index (χ1) is 9.70. The third-order valence-corrected chi connectivity index (χ3v) is 6.10. The zero-order valence-corrected chi connectivity index (χ0v) is 13.3. The van der Waals surface area contributed by atoms with Crippen molar-refractivity contribution in [1.29, 1.82) is 0 Å². The van der Waals surface area contributed by atoms with Gasteiger partial charge in [-0.3, -0.25) is 0 Å². The van der Waals surface area contributed by atoms with Crippen LogP contribution in [0.15, 0.2) is 0 Å². The molecular formula is C15H25N3OS. The topological polar surface area (TPSA) is 47.0 Å². The zero-order valence-electron chi connectivity index (χ0n) is 12.5. The minimum absolute atomic E-state index is 0.481. The van der Waals surface area contributed by atoms with Crippen LogP contribution in [0.5, 0.6) is 0 Å². The lowest BCUT2D eigenvalue weighted by molar-refractivity contribution is 0.00414. The zero-order chi connectivity index (χ0) is 14.0. The number of ether oxygens (including phenoxy) is 1. The summed E-state index contributed by atoms with van der Waals surface area (Å²) < 4.78 is 5.55. The van der Waals surface area contributed by atoms with Gasteiger partial charge in [-0.1, -0.05) is 31.6 Å². The van der Waals surface area contributed by atoms with Gasteiger partial charge in [0.2, 0.25) is 0 Å². The lowest BCUT2D eigenvalue weighted by Crippen LogP contribution is -2.44. The van der Waals surface area contributed by atoms with E-state index in [-0.39, 0.29) is 0 Å². The van der Waals surface area contributed by atoms with Crippen molar-refractivity contribution < 1.29 is 4.74 Å². The Hall–Kier alpha value is -0.520. The number of nitrogens with one attached hydrogen (secondary N) is 1. The summed E-state index contributed by atoms with van der Waals surface area (Å²) in [6.07, 6.45) is 6.46. The quantitative estimate of drug-likeness (QED) is 0.927. The fraction of sp³-hybridized carbons (Fsp3) is 0.867. The maximum Gasteiger partial charge on any atom is 0.131 e. The van der Waals surface area contributed by atoms with Gasteiger partial charge in [0, 0.05) is 31.7 Å². The molecule has 1 atom stereocenters. The highest BCUT2D eigenvalue weighted by Gasteiger charge is 2.43. The van der Waals surface area contributed by atoms with Crippen LogP contribution in [0.2, 0.25) is 0 Å². The summed E-state index contributed by atoms with van der Waals surface area (Å²) in [5, 5.41) is 14.6. The second kappa shape index (κ2) is 6.08. The van der Waals surface area contributed by atoms with E-state index >= 15 is 0 Å². The number of rotatable bonds is 4. The van der Waals surface area contributed by atoms with Crippen molar-refractivity contribution in [1.82, 2.24) is 15.5 Å². The predicted octanol–water partition coefficient (Wildman–Crippen LogP) is 3.10. The Morgan fingerprint density at radius 2 is 2.10 bits per heavy atom. The lowest BCUT2D eigenvalue weighted by Gasteiger charge is -2.39. The molecule has 112 valence electrons. The summed E-state index contributed by atoms with van der Waals surface area (Å²) in [6, 6.07) is 0.637. The largest absolute Gasteiger partial charge is 0.381 e. The third kappa shape index (κ3) is 2.90. The van der Waals surface area contributed by atoms with E-state index in [0.29, 0.717) is 17.4 Å². The summed E-state index contributed by atoms with van der Waals surface area (Å²) in [7, 11) is 0. The van der Waals surface area contributed by atoms with Gasteiger partial charge in [-0.05, 0) is 31.1 Å². The van der Waals surface area contributed by atoms with E-state index in [1.807, 2.05) is 0 Å². The Balaban J connectivity index is 1.59. The molecule has 2 heterocycles. The van der Waals surface area contributed by atoms with Gasteiger partial charge in [0.05, 0.1) is 0 Å². The minimum atomic E-state index is 0.481. The van der Waals surface area contributed by atoms with E-state index in [1.54, 1.807) is 11.3 Å². The van der Waals surface area contributed by atoms with E-state index in [2.05, 4.69) is 29.4 Å². The maximum absolute atomic E-state index is 5.55. The van der Waals surface area contributed by atoms with Crippen molar-refractivity contribution in [3.05, 3.63) is 10.0 Å². The van der Waals surface area contributed by atoms with Crippen molar-refractivity contribution >= 4 is 11.3 Å². The molecule has 2 fully saturated rings. The molecule has 1 N–H and O–H groups in total. The molecule has 20 heavy (non-hydrogen) atoms. The van der Waals surface area contributed by atoms with Crippen LogP contribution < -0.4 is 5.32 Å². The fourth-order valence-electron chi connectivity index (χ4n) is 3.62. The Morgan fingerprint density at radius 1 is 1.30 bits per heavy atom. The Labute approximate surface area is 125 Å². The first-order valence-corrected chi connectivity index (χ1v) is 8.65. The highest BCUT2D eigenvalue weighted by molar-refractivity contribution is 7.11. The molecule has 3 rings (SSSR count). The SMILES string of the molecule is CC(C)c1nnc(CNC2CCCC23CCOCC3)s1. The molecule has 4 nitrogen and oxygen atoms in total. The Morgan fingerprint density at radius 3 is 2.80 bits per heavy atom. The monoisotopic (exact) mass is 295 g/mol. The van der Waals surface area contributed by atoms with Crippen LogP contribution in [0.3, 0.4) is 0 Å². The number of hydrogen-bond acceptors (Lipinski definition) is 5. The second-order valence-corrected chi connectivity index (χ2v) is 7.58. The van der Waals surface area contributed by atoms with Crippen LogP contribution in [0, 0.1) is 5.41 Å². The molecule has 0 bridgehead atoms. The van der Waals surface area contributed by atoms with Crippen LogP contribution in [-0.4, -0.2) is 29.5 Å². The minimum Gasteiger partial charge on any atom is -0.381 e. The molecule has 1 unspecified atom stereocenters. The summed E-state index contributed by atoms with van der Waals surface area (Å²) in [5.41, 5.74) is 0.490. The molecule has 0 radical (unpaired) electrons. The van der Waals surface area contributed by atoms with Gasteiger partial charge in [-0.15, -0.1) is 10.2 Å². The van der Waals surface area contributed by atoms with Crippen molar-refractivity contribution in [2.24, 2.45) is 5.41 Å². The molecule has 0 amide bonds. The molecule has 1 saturated carbocycles. The Bertz CT molecular complexity index is 440. The van der Waals surface area contributed by atoms with E-state index in [1.165, 1.54) is 32.1 Å². The number of aromatic nitrogens is 2. The van der Waals surface area contributed by atoms with E-state index < -0.39 is 0 Å². The van der Waals surface area contributed by atoms with Gasteiger partial charge in [0.15, 0.2) is 0 Å². The van der Waals surface area contributed by atoms with E-state index in [9.17, 15) is 0 Å². The van der Waals surface area contributed by atoms with E-state index in [0.717, 1.165) is 29.8 Å². The third-order valence-electron chi connectivity index (χ3n) is 4.87. The van der Waals surface area contributed by atoms with Crippen LogP contribution in [0.4, 0.5) is 0 Å². The molecule has 1 aromatic rings. The van der Waals surface area contributed by atoms with Gasteiger partial charge < -0.3 is 10.1 Å². The van der Waals surface area contributed by atoms with Gasteiger partial charge in [-0.25, -0.2) is 0 Å². The van der Waals surface area contributed by atoms with Crippen molar-refractivity contribution in [2.45, 2.75) is 64.5 Å². The number of nitrogens with zero attached hydrogens (tertiary/aromatic N) is 2. The molecule has 2 aliphatic rings. The average Bonchev–Trinajstić information content (AvgIpc) is 3.05. The molecule has 1 aliphatic heterocycles. The average molecular weight is 295 g/mol. The van der Waals surface area contributed by atoms with E-state index in [4.69, 9.17) is 4.74 Å². The summed E-state index contributed by atoms with van der Waals surface area (Å²) in [5.74, 6) is 0.481. The summed E-state index contributed by atoms with van der Waals surface area (Å²) >= 11 is 1.75. The van der Waals surface area contributed by atoms with Crippen LogP contribution in [-0.2, 0) is 11.3 Å². The molecule has 1 aliphatic carbocycles. The predicted molar refractivity (Wildman–Crippen MR) is 81.0 cm³/mol. The maximum atomic E-state index is 5.55. The smallest absolute Gasteiger partial charge is 0.131 e. The van der Waals surface area contributed by atoms with Crippen LogP contribution in [0.25, 0.3) is 0 Å². The first kappa shape index (κ1) is 14.4. The molecule has 1 spiro atoms. The van der Waals surface area contributed by atoms with Gasteiger partial charge in [0.25, 0.3) is 0 Å². The summed E-state index contributed by atoms with van der Waals surface area (Å²) in [6.45, 7) is 7.10. The second-order valence-electron chi connectivity index (χ2n) is 6.49. The molecule has 5 heteroatoms. The van der Waals surface area contributed by atoms with Gasteiger partial charge in [0.1, 0.15) is 10.0 Å². The summed E-state index contributed by atoms with van der Waals surface area (Å²) in [4.78, 5) is 0. The molecule has 1 saturated heterocycles. The van der Waals surface area contributed by atoms with Gasteiger partial charge >= 0.3 is 0 Å². The van der Waals surface area contributed by atoms with Gasteiger partial charge in [-0.2, -0.15) is 0 Å². The molecule has 0 aromatic carbocycles. The van der Waals surface area contributed by atoms with Crippen molar-refractivity contribution in [3.63, 3.8) is 0 Å². The highest BCUT2D eigenvalue weighted by Crippen LogP contribution is 2.46. The molecule has 1 aromatic heterocycles. The highest BCUT2D eigenvalue weighted by atomic mass is 32.1. The fourth-order valence-corrected chi connectivity index (χ4v) is 4.41. The van der Waals surface area contributed by atoms with Crippen LogP contribution >= 0.6 is 11.3 Å². The van der Waals surface area contributed by atoms with Crippen molar-refractivity contribution in [2.75, 3.05) is 13.2 Å². The standard InChI is InChI=1S/C15H25N3OS/c1-11(2)14-18-17-13(20-14)10-16-12-4-3-5-15(12)6-8-19-9-7-15/h11-12,16H,3-10H2,1-2H3.